The van der Waals surface area contributed by atoms with Gasteiger partial charge >= 0.3 is 0 Å². The third-order valence-electron chi connectivity index (χ3n) is 4.04. The molecule has 5 heteroatoms. The summed E-state index contributed by atoms with van der Waals surface area (Å²) in [5.41, 5.74) is 1.58. The van der Waals surface area contributed by atoms with Gasteiger partial charge in [0.2, 0.25) is 0 Å². The lowest BCUT2D eigenvalue weighted by molar-refractivity contribution is 0.0728. The average Bonchev–Trinajstić information content (AvgIpc) is 2.87. The Balaban J connectivity index is 1.74. The summed E-state index contributed by atoms with van der Waals surface area (Å²) >= 11 is 0. The number of hydrogen-bond donors (Lipinski definition) is 1. The Labute approximate surface area is 135 Å². The molecule has 1 amide bonds. The summed E-state index contributed by atoms with van der Waals surface area (Å²) in [6.45, 7) is 4.01. The second-order valence-electron chi connectivity index (χ2n) is 5.86. The zero-order valence-electron chi connectivity index (χ0n) is 13.2. The van der Waals surface area contributed by atoms with E-state index in [9.17, 15) is 9.90 Å². The summed E-state index contributed by atoms with van der Waals surface area (Å²) < 4.78 is 11.0. The molecule has 0 radical (unpaired) electrons. The summed E-state index contributed by atoms with van der Waals surface area (Å²) in [4.78, 5) is 14.4. The smallest absolute Gasteiger partial charge is 0.253 e. The van der Waals surface area contributed by atoms with Gasteiger partial charge in [-0.15, -0.1) is 0 Å². The minimum Gasteiger partial charge on any atom is -0.461 e. The highest BCUT2D eigenvalue weighted by molar-refractivity contribution is 5.94. The van der Waals surface area contributed by atoms with Gasteiger partial charge in [-0.25, -0.2) is 0 Å². The quantitative estimate of drug-likeness (QED) is 0.944. The van der Waals surface area contributed by atoms with Crippen LogP contribution in [0.1, 0.15) is 16.1 Å². The maximum atomic E-state index is 12.6. The van der Waals surface area contributed by atoms with Gasteiger partial charge in [-0.1, -0.05) is 12.1 Å². The van der Waals surface area contributed by atoms with E-state index in [-0.39, 0.29) is 18.4 Å². The van der Waals surface area contributed by atoms with Crippen molar-refractivity contribution in [3.63, 3.8) is 0 Å². The highest BCUT2D eigenvalue weighted by Gasteiger charge is 2.23. The van der Waals surface area contributed by atoms with Crippen LogP contribution in [0.5, 0.6) is 0 Å². The Morgan fingerprint density at radius 3 is 2.70 bits per heavy atom. The Morgan fingerprint density at radius 2 is 2.04 bits per heavy atom. The van der Waals surface area contributed by atoms with Crippen LogP contribution in [0.2, 0.25) is 0 Å². The Hall–Kier alpha value is -2.11. The van der Waals surface area contributed by atoms with Crippen molar-refractivity contribution in [2.75, 3.05) is 32.9 Å². The van der Waals surface area contributed by atoms with Crippen LogP contribution in [0, 0.1) is 12.8 Å². The van der Waals surface area contributed by atoms with Crippen molar-refractivity contribution in [2.45, 2.75) is 6.92 Å². The molecule has 0 spiro atoms. The predicted octanol–water partition coefficient (Wildman–Crippen LogP) is 2.34. The molecule has 1 aliphatic rings. The van der Waals surface area contributed by atoms with E-state index in [1.807, 2.05) is 43.3 Å². The molecule has 1 unspecified atom stereocenters. The molecule has 0 saturated carbocycles. The fourth-order valence-electron chi connectivity index (χ4n) is 2.72. The molecule has 1 N–H and O–H groups in total. The van der Waals surface area contributed by atoms with E-state index in [0.29, 0.717) is 31.9 Å². The van der Waals surface area contributed by atoms with Crippen LogP contribution in [0.15, 0.2) is 40.8 Å². The molecule has 1 atom stereocenters. The van der Waals surface area contributed by atoms with Crippen LogP contribution >= 0.6 is 0 Å². The number of aliphatic hydroxyl groups is 1. The molecule has 1 aliphatic heterocycles. The number of ether oxygens (including phenoxy) is 1. The number of amides is 1. The zero-order valence-corrected chi connectivity index (χ0v) is 13.2. The number of carbonyl (C=O) groups is 1. The first-order chi connectivity index (χ1) is 11.2. The van der Waals surface area contributed by atoms with Gasteiger partial charge in [0.05, 0.1) is 13.2 Å². The van der Waals surface area contributed by atoms with Crippen LogP contribution in [0.3, 0.4) is 0 Å². The molecule has 23 heavy (non-hydrogen) atoms. The molecule has 5 nitrogen and oxygen atoms in total. The van der Waals surface area contributed by atoms with Gasteiger partial charge < -0.3 is 19.2 Å². The molecule has 0 aliphatic carbocycles. The molecule has 1 saturated heterocycles. The van der Waals surface area contributed by atoms with Crippen molar-refractivity contribution in [1.29, 1.82) is 0 Å². The Bertz CT molecular complexity index is 662. The fourth-order valence-corrected chi connectivity index (χ4v) is 2.72. The van der Waals surface area contributed by atoms with Crippen LogP contribution < -0.4 is 0 Å². The van der Waals surface area contributed by atoms with Crippen LogP contribution in [-0.4, -0.2) is 48.8 Å². The highest BCUT2D eigenvalue weighted by Crippen LogP contribution is 2.22. The summed E-state index contributed by atoms with van der Waals surface area (Å²) in [5, 5.41) is 9.32. The van der Waals surface area contributed by atoms with Gasteiger partial charge in [0.15, 0.2) is 0 Å². The standard InChI is InChI=1S/C18H21NO4/c1-13-2-7-17(23-13)15-3-5-16(6-4-15)18(21)19-8-9-22-12-14(10-19)11-20/h2-7,14,20H,8-12H2,1H3. The summed E-state index contributed by atoms with van der Waals surface area (Å²) in [6.07, 6.45) is 0. The van der Waals surface area contributed by atoms with E-state index in [2.05, 4.69) is 0 Å². The van der Waals surface area contributed by atoms with Crippen molar-refractivity contribution < 1.29 is 19.1 Å². The number of furan rings is 1. The summed E-state index contributed by atoms with van der Waals surface area (Å²) in [5.74, 6) is 1.60. The zero-order chi connectivity index (χ0) is 16.2. The van der Waals surface area contributed by atoms with Crippen molar-refractivity contribution in [3.05, 3.63) is 47.7 Å². The Morgan fingerprint density at radius 1 is 1.26 bits per heavy atom. The van der Waals surface area contributed by atoms with E-state index < -0.39 is 0 Å². The molecular weight excluding hydrogens is 294 g/mol. The lowest BCUT2D eigenvalue weighted by atomic mass is 10.1. The van der Waals surface area contributed by atoms with Crippen LogP contribution in [-0.2, 0) is 4.74 Å². The van der Waals surface area contributed by atoms with Crippen molar-refractivity contribution in [3.8, 4) is 11.3 Å². The number of aryl methyl sites for hydroxylation is 1. The first-order valence-corrected chi connectivity index (χ1v) is 7.82. The topological polar surface area (TPSA) is 62.9 Å². The van der Waals surface area contributed by atoms with E-state index in [4.69, 9.17) is 9.15 Å². The summed E-state index contributed by atoms with van der Waals surface area (Å²) in [7, 11) is 0. The molecule has 2 heterocycles. The third-order valence-corrected chi connectivity index (χ3v) is 4.04. The van der Waals surface area contributed by atoms with E-state index in [1.54, 1.807) is 4.90 Å². The minimum atomic E-state index is -0.0314. The number of benzene rings is 1. The van der Waals surface area contributed by atoms with E-state index in [0.717, 1.165) is 17.1 Å². The van der Waals surface area contributed by atoms with Gasteiger partial charge in [-0.3, -0.25) is 4.79 Å². The molecule has 122 valence electrons. The molecule has 2 aromatic rings. The SMILES string of the molecule is Cc1ccc(-c2ccc(C(=O)N3CCOCC(CO)C3)cc2)o1. The van der Waals surface area contributed by atoms with Gasteiger partial charge in [0.1, 0.15) is 11.5 Å². The third kappa shape index (κ3) is 3.63. The number of hydrogen-bond acceptors (Lipinski definition) is 4. The van der Waals surface area contributed by atoms with Gasteiger partial charge in [-0.2, -0.15) is 0 Å². The van der Waals surface area contributed by atoms with Gasteiger partial charge in [0, 0.05) is 36.7 Å². The first kappa shape index (κ1) is 15.8. The largest absolute Gasteiger partial charge is 0.461 e. The highest BCUT2D eigenvalue weighted by atomic mass is 16.5. The van der Waals surface area contributed by atoms with Crippen molar-refractivity contribution in [2.24, 2.45) is 5.92 Å². The van der Waals surface area contributed by atoms with Gasteiger partial charge in [0.25, 0.3) is 5.91 Å². The fraction of sp³-hybridized carbons (Fsp3) is 0.389. The molecular formula is C18H21NO4. The second kappa shape index (κ2) is 6.98. The molecule has 3 rings (SSSR count). The van der Waals surface area contributed by atoms with Crippen molar-refractivity contribution >= 4 is 5.91 Å². The minimum absolute atomic E-state index is 0.0215. The van der Waals surface area contributed by atoms with Crippen LogP contribution in [0.4, 0.5) is 0 Å². The van der Waals surface area contributed by atoms with E-state index in [1.165, 1.54) is 0 Å². The normalized spacial score (nSPS) is 18.7. The Kier molecular flexibility index (Phi) is 4.79. The monoisotopic (exact) mass is 315 g/mol. The molecule has 1 aromatic carbocycles. The molecule has 1 fully saturated rings. The van der Waals surface area contributed by atoms with Gasteiger partial charge in [-0.05, 0) is 31.2 Å². The number of carbonyl (C=O) groups excluding carboxylic acids is 1. The lowest BCUT2D eigenvalue weighted by Gasteiger charge is -2.22. The first-order valence-electron chi connectivity index (χ1n) is 7.82. The molecule has 0 bridgehead atoms. The van der Waals surface area contributed by atoms with Crippen LogP contribution in [0.25, 0.3) is 11.3 Å². The molecule has 1 aromatic heterocycles. The number of aliphatic hydroxyl groups excluding tert-OH is 1. The summed E-state index contributed by atoms with van der Waals surface area (Å²) in [6, 6.07) is 11.3. The average molecular weight is 315 g/mol. The number of nitrogens with zero attached hydrogens (tertiary/aromatic N) is 1. The van der Waals surface area contributed by atoms with E-state index >= 15 is 0 Å². The maximum absolute atomic E-state index is 12.6. The maximum Gasteiger partial charge on any atom is 0.253 e. The predicted molar refractivity (Wildman–Crippen MR) is 86.2 cm³/mol. The van der Waals surface area contributed by atoms with Crippen molar-refractivity contribution in [1.82, 2.24) is 4.90 Å². The second-order valence-corrected chi connectivity index (χ2v) is 5.86. The number of rotatable bonds is 3. The lowest BCUT2D eigenvalue weighted by Crippen LogP contribution is -2.36.